The first-order valence-corrected chi connectivity index (χ1v) is 11.6. The number of carbonyl (C=O) groups is 1. The predicted molar refractivity (Wildman–Crippen MR) is 119 cm³/mol. The van der Waals surface area contributed by atoms with E-state index in [1.165, 1.54) is 0 Å². The van der Waals surface area contributed by atoms with Crippen LogP contribution in [0.3, 0.4) is 0 Å². The molecule has 1 amide bonds. The highest BCUT2D eigenvalue weighted by atomic mass is 32.2. The zero-order chi connectivity index (χ0) is 21.6. The minimum atomic E-state index is -2.46. The summed E-state index contributed by atoms with van der Waals surface area (Å²) in [4.78, 5) is 12.8. The summed E-state index contributed by atoms with van der Waals surface area (Å²) in [5.41, 5.74) is 8.57. The first kappa shape index (κ1) is 22.6. The van der Waals surface area contributed by atoms with Gasteiger partial charge in [-0.2, -0.15) is 0 Å². The lowest BCUT2D eigenvalue weighted by atomic mass is 9.64. The van der Waals surface area contributed by atoms with E-state index in [-0.39, 0.29) is 24.3 Å². The maximum absolute atomic E-state index is 12.8. The van der Waals surface area contributed by atoms with Crippen molar-refractivity contribution in [2.24, 2.45) is 17.6 Å². The first-order valence-electron chi connectivity index (χ1n) is 10.5. The van der Waals surface area contributed by atoms with Gasteiger partial charge >= 0.3 is 0 Å². The molecule has 4 atom stereocenters. The maximum atomic E-state index is 12.8. The predicted octanol–water partition coefficient (Wildman–Crippen LogP) is 2.53. The van der Waals surface area contributed by atoms with E-state index >= 15 is 0 Å². The van der Waals surface area contributed by atoms with E-state index in [2.05, 4.69) is 34.3 Å². The fourth-order valence-electron chi connectivity index (χ4n) is 4.72. The summed E-state index contributed by atoms with van der Waals surface area (Å²) >= 11 is -2.46. The highest BCUT2D eigenvalue weighted by molar-refractivity contribution is 7.77. The molecule has 0 aliphatic heterocycles. The van der Waals surface area contributed by atoms with Crippen LogP contribution in [0.5, 0.6) is 0 Å². The monoisotopic (exact) mass is 428 g/mol. The van der Waals surface area contributed by atoms with Gasteiger partial charge in [-0.15, -0.1) is 0 Å². The van der Waals surface area contributed by atoms with Gasteiger partial charge in [0.2, 0.25) is 5.91 Å². The second-order valence-electron chi connectivity index (χ2n) is 7.97. The molecule has 1 aliphatic carbocycles. The highest BCUT2D eigenvalue weighted by Crippen LogP contribution is 2.40. The number of hydrogen-bond donors (Lipinski definition) is 3. The van der Waals surface area contributed by atoms with Crippen molar-refractivity contribution in [1.29, 1.82) is 0 Å². The molecule has 1 aliphatic rings. The average Bonchev–Trinajstić information content (AvgIpc) is 2.75. The van der Waals surface area contributed by atoms with Crippen LogP contribution < -0.4 is 15.8 Å². The Kier molecular flexibility index (Phi) is 7.77. The molecule has 0 bridgehead atoms. The molecule has 0 heterocycles. The lowest BCUT2D eigenvalue weighted by Crippen LogP contribution is -2.62. The van der Waals surface area contributed by atoms with Crippen LogP contribution in [0.1, 0.15) is 31.7 Å². The Hall–Kier alpha value is -2.06. The molecule has 2 aromatic carbocycles. The summed E-state index contributed by atoms with van der Waals surface area (Å²) in [7, 11) is 0. The molecular formula is C23H30N3O3S-. The van der Waals surface area contributed by atoms with Crippen molar-refractivity contribution >= 4 is 17.2 Å². The van der Waals surface area contributed by atoms with Gasteiger partial charge in [0.15, 0.2) is 0 Å². The molecule has 2 aromatic rings. The van der Waals surface area contributed by atoms with Gasteiger partial charge in [0.05, 0.1) is 0 Å². The fraction of sp³-hybridized carbons (Fsp3) is 0.435. The van der Waals surface area contributed by atoms with Gasteiger partial charge in [-0.1, -0.05) is 61.0 Å². The third-order valence-corrected chi connectivity index (χ3v) is 6.74. The number of nitrogens with one attached hydrogen (secondary N) is 2. The van der Waals surface area contributed by atoms with Gasteiger partial charge in [0, 0.05) is 35.8 Å². The van der Waals surface area contributed by atoms with Crippen molar-refractivity contribution in [1.82, 2.24) is 10.0 Å². The maximum Gasteiger partial charge on any atom is 0.223 e. The smallest absolute Gasteiger partial charge is 0.223 e. The first-order chi connectivity index (χ1) is 14.5. The van der Waals surface area contributed by atoms with Crippen molar-refractivity contribution < 1.29 is 13.6 Å². The van der Waals surface area contributed by atoms with E-state index in [4.69, 9.17) is 5.73 Å². The van der Waals surface area contributed by atoms with E-state index in [1.807, 2.05) is 37.3 Å². The molecular weight excluding hydrogens is 398 g/mol. The molecule has 7 heteroatoms. The van der Waals surface area contributed by atoms with Gasteiger partial charge < -0.3 is 15.6 Å². The van der Waals surface area contributed by atoms with Crippen LogP contribution in [-0.2, 0) is 22.5 Å². The van der Waals surface area contributed by atoms with Crippen molar-refractivity contribution in [2.45, 2.75) is 38.1 Å². The summed E-state index contributed by atoms with van der Waals surface area (Å²) in [6.07, 6.45) is 2.67. The van der Waals surface area contributed by atoms with Crippen LogP contribution in [-0.4, -0.2) is 33.3 Å². The molecule has 4 N–H and O–H groups in total. The standard InChI is InChI=1S/C23H31N3O3S/c1-2-25-22(27)20-12-7-13-23(16-24,26-30(28)29)21(20)15-17-8-6-11-19(14-17)18-9-4-3-5-10-18/h3-6,8-11,14,20-21,26H,2,7,12-13,15-16,24H2,1H3,(H,25,27)(H,28,29)/p-1/t20?,21-,23-/m1/s1. The zero-order valence-electron chi connectivity index (χ0n) is 17.3. The molecule has 0 spiro atoms. The highest BCUT2D eigenvalue weighted by Gasteiger charge is 2.47. The molecule has 1 fully saturated rings. The third-order valence-electron chi connectivity index (χ3n) is 6.16. The van der Waals surface area contributed by atoms with Gasteiger partial charge in [-0.3, -0.25) is 9.00 Å². The van der Waals surface area contributed by atoms with Crippen LogP contribution in [0.25, 0.3) is 11.1 Å². The quantitative estimate of drug-likeness (QED) is 0.562. The normalized spacial score (nSPS) is 24.9. The lowest BCUT2D eigenvalue weighted by molar-refractivity contribution is -0.129. The Morgan fingerprint density at radius 1 is 1.20 bits per heavy atom. The molecule has 1 saturated carbocycles. The molecule has 0 aromatic heterocycles. The van der Waals surface area contributed by atoms with E-state index in [0.29, 0.717) is 19.4 Å². The van der Waals surface area contributed by atoms with Crippen LogP contribution in [0.15, 0.2) is 54.6 Å². The summed E-state index contributed by atoms with van der Waals surface area (Å²) in [6.45, 7) is 2.59. The summed E-state index contributed by atoms with van der Waals surface area (Å²) < 4.78 is 25.9. The Morgan fingerprint density at radius 2 is 1.93 bits per heavy atom. The van der Waals surface area contributed by atoms with E-state index in [1.54, 1.807) is 0 Å². The fourth-order valence-corrected chi connectivity index (χ4v) is 5.38. The Bertz CT molecular complexity index is 877. The van der Waals surface area contributed by atoms with Crippen LogP contribution in [0.2, 0.25) is 0 Å². The lowest BCUT2D eigenvalue weighted by Gasteiger charge is -2.48. The number of rotatable bonds is 8. The largest absolute Gasteiger partial charge is 0.760 e. The second-order valence-corrected chi connectivity index (χ2v) is 8.64. The molecule has 162 valence electrons. The van der Waals surface area contributed by atoms with E-state index in [9.17, 15) is 13.6 Å². The summed E-state index contributed by atoms with van der Waals surface area (Å²) in [5, 5.41) is 2.92. The number of nitrogens with two attached hydrogens (primary N) is 1. The minimum absolute atomic E-state index is 0.0299. The SMILES string of the molecule is CCNC(=O)C1CCC[C@](CN)(NS(=O)[O-])[C@@H]1Cc1cccc(-c2ccccc2)c1. The van der Waals surface area contributed by atoms with Gasteiger partial charge in [0.25, 0.3) is 0 Å². The Balaban J connectivity index is 1.96. The number of carbonyl (C=O) groups excluding carboxylic acids is 1. The summed E-state index contributed by atoms with van der Waals surface area (Å²) in [5.74, 6) is -0.553. The third kappa shape index (κ3) is 5.16. The van der Waals surface area contributed by atoms with Crippen molar-refractivity contribution in [2.75, 3.05) is 13.1 Å². The van der Waals surface area contributed by atoms with Crippen molar-refractivity contribution in [3.05, 3.63) is 60.2 Å². The van der Waals surface area contributed by atoms with Crippen LogP contribution >= 0.6 is 0 Å². The van der Waals surface area contributed by atoms with E-state index in [0.717, 1.165) is 29.5 Å². The topological polar surface area (TPSA) is 107 Å². The molecule has 6 nitrogen and oxygen atoms in total. The molecule has 3 rings (SSSR count). The second kappa shape index (κ2) is 10.3. The molecule has 0 radical (unpaired) electrons. The van der Waals surface area contributed by atoms with Crippen LogP contribution in [0.4, 0.5) is 0 Å². The van der Waals surface area contributed by atoms with Crippen LogP contribution in [0, 0.1) is 11.8 Å². The van der Waals surface area contributed by atoms with Gasteiger partial charge in [-0.25, -0.2) is 4.72 Å². The summed E-state index contributed by atoms with van der Waals surface area (Å²) in [6, 6.07) is 18.3. The van der Waals surface area contributed by atoms with E-state index < -0.39 is 16.8 Å². The molecule has 30 heavy (non-hydrogen) atoms. The van der Waals surface area contributed by atoms with Crippen molar-refractivity contribution in [3.8, 4) is 11.1 Å². The van der Waals surface area contributed by atoms with Gasteiger partial charge in [0.1, 0.15) is 0 Å². The molecule has 2 unspecified atom stereocenters. The Morgan fingerprint density at radius 3 is 2.60 bits per heavy atom. The number of amides is 1. The minimum Gasteiger partial charge on any atom is -0.760 e. The number of benzene rings is 2. The Labute approximate surface area is 181 Å². The van der Waals surface area contributed by atoms with Crippen molar-refractivity contribution in [3.63, 3.8) is 0 Å². The van der Waals surface area contributed by atoms with Gasteiger partial charge in [-0.05, 0) is 48.8 Å². The number of hydrogen-bond acceptors (Lipinski definition) is 4. The zero-order valence-corrected chi connectivity index (χ0v) is 18.1. The molecule has 0 saturated heterocycles. The average molecular weight is 429 g/mol.